The fraction of sp³-hybridized carbons (Fsp3) is 0.286. The summed E-state index contributed by atoms with van der Waals surface area (Å²) in [5, 5.41) is 18.3. The molecule has 1 aromatic carbocycles. The summed E-state index contributed by atoms with van der Waals surface area (Å²) in [6, 6.07) is 7.60. The van der Waals surface area contributed by atoms with Gasteiger partial charge in [0.05, 0.1) is 16.1 Å². The average molecular weight is 316 g/mol. The third-order valence-electron chi connectivity index (χ3n) is 2.99. The Morgan fingerprint density at radius 2 is 2.00 bits per heavy atom. The van der Waals surface area contributed by atoms with E-state index in [9.17, 15) is 5.11 Å². The zero-order chi connectivity index (χ0) is 13.8. The fourth-order valence-corrected chi connectivity index (χ4v) is 2.78. The van der Waals surface area contributed by atoms with Crippen LogP contribution in [0.15, 0.2) is 35.0 Å². The van der Waals surface area contributed by atoms with Crippen LogP contribution < -0.4 is 5.32 Å². The van der Waals surface area contributed by atoms with E-state index in [0.717, 1.165) is 11.1 Å². The molecule has 0 aliphatic heterocycles. The van der Waals surface area contributed by atoms with Crippen molar-refractivity contribution in [1.82, 2.24) is 5.32 Å². The molecular formula is C14H15Cl2NOS. The van der Waals surface area contributed by atoms with Crippen LogP contribution in [-0.4, -0.2) is 11.7 Å². The van der Waals surface area contributed by atoms with Crippen molar-refractivity contribution >= 4 is 34.5 Å². The van der Waals surface area contributed by atoms with E-state index in [1.165, 1.54) is 0 Å². The smallest absolute Gasteiger partial charge is 0.0922 e. The molecule has 1 heterocycles. The molecule has 5 heteroatoms. The minimum absolute atomic E-state index is 0.100. The summed E-state index contributed by atoms with van der Waals surface area (Å²) in [7, 11) is 0. The first kappa shape index (κ1) is 14.8. The van der Waals surface area contributed by atoms with Gasteiger partial charge in [-0.15, -0.1) is 0 Å². The van der Waals surface area contributed by atoms with Gasteiger partial charge in [0, 0.05) is 12.6 Å². The maximum absolute atomic E-state index is 10.0. The maximum Gasteiger partial charge on any atom is 0.0922 e. The zero-order valence-electron chi connectivity index (χ0n) is 10.4. The second-order valence-electron chi connectivity index (χ2n) is 4.38. The van der Waals surface area contributed by atoms with E-state index in [2.05, 4.69) is 5.32 Å². The molecule has 0 spiro atoms. The fourth-order valence-electron chi connectivity index (χ4n) is 1.77. The van der Waals surface area contributed by atoms with Crippen LogP contribution in [0.25, 0.3) is 0 Å². The summed E-state index contributed by atoms with van der Waals surface area (Å²) in [6.07, 6.45) is -0.489. The van der Waals surface area contributed by atoms with Gasteiger partial charge in [-0.3, -0.25) is 0 Å². The lowest BCUT2D eigenvalue weighted by Gasteiger charge is -2.17. The third kappa shape index (κ3) is 3.94. The number of aliphatic hydroxyl groups is 1. The topological polar surface area (TPSA) is 32.3 Å². The van der Waals surface area contributed by atoms with Crippen molar-refractivity contribution in [3.63, 3.8) is 0 Å². The van der Waals surface area contributed by atoms with Crippen molar-refractivity contribution in [3.05, 3.63) is 56.2 Å². The molecule has 2 unspecified atom stereocenters. The molecule has 0 saturated carbocycles. The van der Waals surface area contributed by atoms with Crippen molar-refractivity contribution in [2.24, 2.45) is 0 Å². The molecule has 0 bridgehead atoms. The molecule has 0 amide bonds. The van der Waals surface area contributed by atoms with Crippen LogP contribution in [0.3, 0.4) is 0 Å². The SMILES string of the molecule is CC(NCC(O)c1ccsc1)c1ccc(Cl)c(Cl)c1. The minimum atomic E-state index is -0.489. The highest BCUT2D eigenvalue weighted by Gasteiger charge is 2.11. The first-order chi connectivity index (χ1) is 9.08. The van der Waals surface area contributed by atoms with Crippen molar-refractivity contribution in [2.75, 3.05) is 6.54 Å². The van der Waals surface area contributed by atoms with Gasteiger partial charge in [-0.2, -0.15) is 11.3 Å². The summed E-state index contributed by atoms with van der Waals surface area (Å²) >= 11 is 13.5. The zero-order valence-corrected chi connectivity index (χ0v) is 12.8. The number of nitrogens with one attached hydrogen (secondary N) is 1. The van der Waals surface area contributed by atoms with Crippen LogP contribution in [0.5, 0.6) is 0 Å². The molecule has 0 fully saturated rings. The maximum atomic E-state index is 10.0. The Morgan fingerprint density at radius 1 is 1.21 bits per heavy atom. The number of thiophene rings is 1. The van der Waals surface area contributed by atoms with Gasteiger partial charge >= 0.3 is 0 Å². The molecule has 2 aromatic rings. The van der Waals surface area contributed by atoms with Gasteiger partial charge in [0.15, 0.2) is 0 Å². The van der Waals surface area contributed by atoms with Crippen molar-refractivity contribution in [2.45, 2.75) is 19.1 Å². The van der Waals surface area contributed by atoms with E-state index in [-0.39, 0.29) is 6.04 Å². The Kier molecular flexibility index (Phi) is 5.25. The first-order valence-electron chi connectivity index (χ1n) is 5.96. The van der Waals surface area contributed by atoms with Crippen molar-refractivity contribution in [1.29, 1.82) is 0 Å². The van der Waals surface area contributed by atoms with E-state index < -0.39 is 6.10 Å². The lowest BCUT2D eigenvalue weighted by atomic mass is 10.1. The van der Waals surface area contributed by atoms with Gasteiger partial charge in [-0.1, -0.05) is 29.3 Å². The molecular weight excluding hydrogens is 301 g/mol. The van der Waals surface area contributed by atoms with Crippen molar-refractivity contribution < 1.29 is 5.11 Å². The summed E-state index contributed by atoms with van der Waals surface area (Å²) in [5.41, 5.74) is 1.99. The Hall–Kier alpha value is -0.580. The van der Waals surface area contributed by atoms with Crippen molar-refractivity contribution in [3.8, 4) is 0 Å². The standard InChI is InChI=1S/C14H15Cl2NOS/c1-9(10-2-3-12(15)13(16)6-10)17-7-14(18)11-4-5-19-8-11/h2-6,8-9,14,17-18H,7H2,1H3. The number of hydrogen-bond acceptors (Lipinski definition) is 3. The largest absolute Gasteiger partial charge is 0.387 e. The third-order valence-corrected chi connectivity index (χ3v) is 4.43. The molecule has 19 heavy (non-hydrogen) atoms. The lowest BCUT2D eigenvalue weighted by Crippen LogP contribution is -2.24. The molecule has 2 atom stereocenters. The van der Waals surface area contributed by atoms with Crippen LogP contribution >= 0.6 is 34.5 Å². The monoisotopic (exact) mass is 315 g/mol. The van der Waals surface area contributed by atoms with Gasteiger partial charge in [0.1, 0.15) is 0 Å². The van der Waals surface area contributed by atoms with Gasteiger partial charge in [0.2, 0.25) is 0 Å². The predicted molar refractivity (Wildman–Crippen MR) is 82.2 cm³/mol. The first-order valence-corrected chi connectivity index (χ1v) is 7.66. The Bertz CT molecular complexity index is 530. The second kappa shape index (κ2) is 6.73. The number of benzene rings is 1. The highest BCUT2D eigenvalue weighted by molar-refractivity contribution is 7.07. The highest BCUT2D eigenvalue weighted by atomic mass is 35.5. The Balaban J connectivity index is 1.93. The molecule has 2 nitrogen and oxygen atoms in total. The average Bonchev–Trinajstić information content (AvgIpc) is 2.92. The van der Waals surface area contributed by atoms with Gasteiger partial charge in [0.25, 0.3) is 0 Å². The van der Waals surface area contributed by atoms with E-state index >= 15 is 0 Å². The summed E-state index contributed by atoms with van der Waals surface area (Å²) in [5.74, 6) is 0. The summed E-state index contributed by atoms with van der Waals surface area (Å²) < 4.78 is 0. The molecule has 102 valence electrons. The number of rotatable bonds is 5. The normalized spacial score (nSPS) is 14.3. The molecule has 0 aliphatic carbocycles. The van der Waals surface area contributed by atoms with E-state index in [1.54, 1.807) is 17.4 Å². The molecule has 0 aliphatic rings. The second-order valence-corrected chi connectivity index (χ2v) is 5.97. The van der Waals surface area contributed by atoms with Crippen LogP contribution in [0.4, 0.5) is 0 Å². The molecule has 0 saturated heterocycles. The van der Waals surface area contributed by atoms with Crippen LogP contribution in [-0.2, 0) is 0 Å². The van der Waals surface area contributed by atoms with Crippen LogP contribution in [0.2, 0.25) is 10.0 Å². The molecule has 0 radical (unpaired) electrons. The van der Waals surface area contributed by atoms with E-state index in [0.29, 0.717) is 16.6 Å². The van der Waals surface area contributed by atoms with Crippen LogP contribution in [0.1, 0.15) is 30.2 Å². The molecule has 2 rings (SSSR count). The van der Waals surface area contributed by atoms with Gasteiger partial charge < -0.3 is 10.4 Å². The summed E-state index contributed by atoms with van der Waals surface area (Å²) in [4.78, 5) is 0. The minimum Gasteiger partial charge on any atom is -0.387 e. The molecule has 2 N–H and O–H groups in total. The van der Waals surface area contributed by atoms with Gasteiger partial charge in [-0.05, 0) is 47.0 Å². The number of halogens is 2. The number of hydrogen-bond donors (Lipinski definition) is 2. The summed E-state index contributed by atoms with van der Waals surface area (Å²) in [6.45, 7) is 2.53. The van der Waals surface area contributed by atoms with E-state index in [1.807, 2.05) is 35.9 Å². The quantitative estimate of drug-likeness (QED) is 0.855. The Morgan fingerprint density at radius 3 is 2.63 bits per heavy atom. The van der Waals surface area contributed by atoms with E-state index in [4.69, 9.17) is 23.2 Å². The predicted octanol–water partition coefficient (Wildman–Crippen LogP) is 4.44. The number of aliphatic hydroxyl groups excluding tert-OH is 1. The lowest BCUT2D eigenvalue weighted by molar-refractivity contribution is 0.171. The Labute approximate surface area is 127 Å². The highest BCUT2D eigenvalue weighted by Crippen LogP contribution is 2.25. The van der Waals surface area contributed by atoms with Crippen LogP contribution in [0, 0.1) is 0 Å². The molecule has 1 aromatic heterocycles. The van der Waals surface area contributed by atoms with Gasteiger partial charge in [-0.25, -0.2) is 0 Å².